The van der Waals surface area contributed by atoms with Gasteiger partial charge in [0.1, 0.15) is 11.6 Å². The van der Waals surface area contributed by atoms with Crippen molar-refractivity contribution in [3.63, 3.8) is 0 Å². The molecule has 2 aromatic heterocycles. The molecule has 1 saturated carbocycles. The summed E-state index contributed by atoms with van der Waals surface area (Å²) in [5.74, 6) is 1.73. The zero-order valence-electron chi connectivity index (χ0n) is 19.9. The Bertz CT molecular complexity index is 1030. The van der Waals surface area contributed by atoms with Crippen LogP contribution in [0, 0.1) is 6.92 Å². The molecule has 0 unspecified atom stereocenters. The van der Waals surface area contributed by atoms with E-state index in [-0.39, 0.29) is 17.2 Å². The summed E-state index contributed by atoms with van der Waals surface area (Å²) in [6.45, 7) is 5.91. The summed E-state index contributed by atoms with van der Waals surface area (Å²) < 4.78 is 35.9. The topological polar surface area (TPSA) is 81.6 Å². The van der Waals surface area contributed by atoms with Crippen LogP contribution in [0.4, 0.5) is 5.82 Å². The van der Waals surface area contributed by atoms with Crippen LogP contribution in [0.2, 0.25) is 0 Å². The molecule has 33 heavy (non-hydrogen) atoms. The Balaban J connectivity index is 1.21. The molecule has 0 atom stereocenters. The number of hydrogen-bond acceptors (Lipinski definition) is 7. The number of aryl methyl sites for hydroxylation is 2. The first-order valence-electron chi connectivity index (χ1n) is 12.0. The van der Waals surface area contributed by atoms with Gasteiger partial charge < -0.3 is 14.4 Å². The number of piperidine rings is 1. The molecule has 0 N–H and O–H groups in total. The maximum atomic E-state index is 11.7. The Morgan fingerprint density at radius 3 is 2.21 bits per heavy atom. The third-order valence-corrected chi connectivity index (χ3v) is 7.66. The zero-order chi connectivity index (χ0) is 23.4. The van der Waals surface area contributed by atoms with Gasteiger partial charge in [0, 0.05) is 25.5 Å². The van der Waals surface area contributed by atoms with Gasteiger partial charge in [-0.25, -0.2) is 18.4 Å². The van der Waals surface area contributed by atoms with Gasteiger partial charge in [0.05, 0.1) is 24.0 Å². The second-order valence-electron chi connectivity index (χ2n) is 9.22. The van der Waals surface area contributed by atoms with Crippen LogP contribution >= 0.6 is 0 Å². The molecule has 2 aliphatic rings. The average molecular weight is 474 g/mol. The van der Waals surface area contributed by atoms with Crippen molar-refractivity contribution in [3.05, 3.63) is 41.7 Å². The number of anilines is 1. The molecular formula is C25H35N3O4S. The van der Waals surface area contributed by atoms with Crippen molar-refractivity contribution in [1.29, 1.82) is 0 Å². The largest absolute Gasteiger partial charge is 0.489 e. The number of nitrogens with zero attached hydrogens (tertiary/aromatic N) is 3. The van der Waals surface area contributed by atoms with Gasteiger partial charge in [0.2, 0.25) is 0 Å². The van der Waals surface area contributed by atoms with Crippen molar-refractivity contribution in [2.24, 2.45) is 0 Å². The Kier molecular flexibility index (Phi) is 7.54. The fourth-order valence-corrected chi connectivity index (χ4v) is 5.25. The number of aromatic nitrogens is 2. The highest BCUT2D eigenvalue weighted by Gasteiger charge is 2.28. The van der Waals surface area contributed by atoms with Crippen LogP contribution in [0.3, 0.4) is 0 Å². The maximum absolute atomic E-state index is 11.7. The molecule has 8 heteroatoms. The van der Waals surface area contributed by atoms with E-state index in [0.717, 1.165) is 63.9 Å². The van der Waals surface area contributed by atoms with E-state index in [1.165, 1.54) is 17.9 Å². The van der Waals surface area contributed by atoms with Crippen molar-refractivity contribution in [1.82, 2.24) is 9.97 Å². The van der Waals surface area contributed by atoms with Gasteiger partial charge in [-0.1, -0.05) is 13.0 Å². The quantitative estimate of drug-likeness (QED) is 0.598. The van der Waals surface area contributed by atoms with Gasteiger partial charge in [-0.3, -0.25) is 0 Å². The lowest BCUT2D eigenvalue weighted by Gasteiger charge is -2.36. The number of ether oxygens (including phenoxy) is 2. The summed E-state index contributed by atoms with van der Waals surface area (Å²) in [6, 6.07) is 7.54. The Morgan fingerprint density at radius 2 is 1.64 bits per heavy atom. The summed E-state index contributed by atoms with van der Waals surface area (Å²) in [5.41, 5.74) is 1.88. The van der Waals surface area contributed by atoms with Crippen molar-refractivity contribution < 1.29 is 17.9 Å². The highest BCUT2D eigenvalue weighted by atomic mass is 32.2. The highest BCUT2D eigenvalue weighted by molar-refractivity contribution is 7.90. The van der Waals surface area contributed by atoms with Gasteiger partial charge in [0.15, 0.2) is 14.9 Å². The number of rotatable bonds is 7. The second-order valence-corrected chi connectivity index (χ2v) is 11.2. The van der Waals surface area contributed by atoms with E-state index in [9.17, 15) is 8.42 Å². The van der Waals surface area contributed by atoms with Crippen molar-refractivity contribution in [2.45, 2.75) is 82.1 Å². The molecule has 4 rings (SSSR count). The van der Waals surface area contributed by atoms with Gasteiger partial charge in [0.25, 0.3) is 0 Å². The first-order valence-corrected chi connectivity index (χ1v) is 13.9. The zero-order valence-corrected chi connectivity index (χ0v) is 20.7. The van der Waals surface area contributed by atoms with Gasteiger partial charge in [-0.05, 0) is 75.6 Å². The fraction of sp³-hybridized carbons (Fsp3) is 0.600. The fourth-order valence-electron chi connectivity index (χ4n) is 4.63. The summed E-state index contributed by atoms with van der Waals surface area (Å²) in [5, 5.41) is 0.0873. The van der Waals surface area contributed by atoms with Crippen LogP contribution < -0.4 is 9.64 Å². The molecule has 0 spiro atoms. The average Bonchev–Trinajstić information content (AvgIpc) is 2.81. The second kappa shape index (κ2) is 10.4. The summed E-state index contributed by atoms with van der Waals surface area (Å²) in [7, 11) is -3.31. The molecule has 3 heterocycles. The van der Waals surface area contributed by atoms with Crippen LogP contribution in [0.25, 0.3) is 0 Å². The van der Waals surface area contributed by atoms with E-state index in [1.54, 1.807) is 13.0 Å². The maximum Gasteiger partial charge on any atom is 0.192 e. The monoisotopic (exact) mass is 473 g/mol. The highest BCUT2D eigenvalue weighted by Crippen LogP contribution is 2.29. The summed E-state index contributed by atoms with van der Waals surface area (Å²) in [6.07, 6.45) is 10.8. The third-order valence-electron chi connectivity index (χ3n) is 6.67. The number of pyridine rings is 2. The van der Waals surface area contributed by atoms with E-state index in [2.05, 4.69) is 33.9 Å². The van der Waals surface area contributed by atoms with Crippen molar-refractivity contribution in [2.75, 3.05) is 24.2 Å². The van der Waals surface area contributed by atoms with Gasteiger partial charge in [-0.15, -0.1) is 0 Å². The smallest absolute Gasteiger partial charge is 0.192 e. The molecule has 2 fully saturated rings. The van der Waals surface area contributed by atoms with E-state index in [1.807, 2.05) is 6.20 Å². The molecule has 7 nitrogen and oxygen atoms in total. The molecule has 1 saturated heterocycles. The molecular weight excluding hydrogens is 438 g/mol. The standard InChI is InChI=1S/C25H35N3O4S/c1-4-19-5-11-24(26-17-19)28-15-13-22(14-16-28)31-20-6-8-21(9-7-20)32-23-10-12-25(27-18(23)2)33(3,29)30/h5,10-12,17,20-22H,4,6-9,13-16H2,1-3H3. The van der Waals surface area contributed by atoms with Crippen molar-refractivity contribution >= 4 is 15.7 Å². The Hall–Kier alpha value is -2.19. The lowest BCUT2D eigenvalue weighted by atomic mass is 9.94. The van der Waals surface area contributed by atoms with Crippen molar-refractivity contribution in [3.8, 4) is 5.75 Å². The number of sulfone groups is 1. The molecule has 1 aliphatic carbocycles. The molecule has 0 amide bonds. The van der Waals surface area contributed by atoms with Gasteiger partial charge >= 0.3 is 0 Å². The predicted molar refractivity (Wildman–Crippen MR) is 129 cm³/mol. The number of hydrogen-bond donors (Lipinski definition) is 0. The lowest BCUT2D eigenvalue weighted by molar-refractivity contribution is -0.0528. The Morgan fingerprint density at radius 1 is 0.970 bits per heavy atom. The SMILES string of the molecule is CCc1ccc(N2CCC(OC3CCC(Oc4ccc(S(C)(=O)=O)nc4C)CC3)CC2)nc1. The summed E-state index contributed by atoms with van der Waals surface area (Å²) >= 11 is 0. The predicted octanol–water partition coefficient (Wildman–Crippen LogP) is 4.13. The van der Waals surface area contributed by atoms with Crippen LogP contribution in [-0.4, -0.2) is 56.0 Å². The first-order chi connectivity index (χ1) is 15.8. The molecule has 1 aliphatic heterocycles. The van der Waals surface area contributed by atoms with Gasteiger partial charge in [-0.2, -0.15) is 0 Å². The first kappa shape index (κ1) is 24.0. The minimum absolute atomic E-state index is 0.0873. The molecule has 0 radical (unpaired) electrons. The Labute approximate surface area is 197 Å². The lowest BCUT2D eigenvalue weighted by Crippen LogP contribution is -2.40. The molecule has 2 aromatic rings. The van der Waals surface area contributed by atoms with E-state index < -0.39 is 9.84 Å². The van der Waals surface area contributed by atoms with E-state index in [4.69, 9.17) is 9.47 Å². The minimum atomic E-state index is -3.31. The third kappa shape index (κ3) is 6.23. The van der Waals surface area contributed by atoms with Crippen LogP contribution in [0.5, 0.6) is 5.75 Å². The van der Waals surface area contributed by atoms with Crippen LogP contribution in [0.1, 0.15) is 56.7 Å². The molecule has 180 valence electrons. The van der Waals surface area contributed by atoms with E-state index >= 15 is 0 Å². The van der Waals surface area contributed by atoms with Crippen LogP contribution in [-0.2, 0) is 21.0 Å². The minimum Gasteiger partial charge on any atom is -0.489 e. The van der Waals surface area contributed by atoms with Crippen LogP contribution in [0.15, 0.2) is 35.5 Å². The summed E-state index contributed by atoms with van der Waals surface area (Å²) in [4.78, 5) is 11.2. The molecule has 0 bridgehead atoms. The normalized spacial score (nSPS) is 22.3. The van der Waals surface area contributed by atoms with E-state index in [0.29, 0.717) is 17.5 Å². The molecule has 0 aromatic carbocycles.